The van der Waals surface area contributed by atoms with E-state index in [0.717, 1.165) is 70.6 Å². The quantitative estimate of drug-likeness (QED) is 0.0321. The van der Waals surface area contributed by atoms with Crippen molar-refractivity contribution < 1.29 is 24.5 Å². The third-order valence-electron chi connectivity index (χ3n) is 13.1. The van der Waals surface area contributed by atoms with Gasteiger partial charge in [0.25, 0.3) is 0 Å². The van der Waals surface area contributed by atoms with Crippen LogP contribution >= 0.6 is 0 Å². The predicted octanol–water partition coefficient (Wildman–Crippen LogP) is 17.6. The molecular weight excluding hydrogens is 803 g/mol. The summed E-state index contributed by atoms with van der Waals surface area (Å²) in [5.74, 6) is -0.0972. The third kappa shape index (κ3) is 51.3. The van der Waals surface area contributed by atoms with Crippen molar-refractivity contribution in [2.45, 2.75) is 315 Å². The van der Waals surface area contributed by atoms with Crippen LogP contribution in [0.15, 0.2) is 36.5 Å². The van der Waals surface area contributed by atoms with Crippen molar-refractivity contribution in [1.82, 2.24) is 5.32 Å². The van der Waals surface area contributed by atoms with E-state index < -0.39 is 12.1 Å². The molecule has 0 aliphatic heterocycles. The average molecular weight is 915 g/mol. The summed E-state index contributed by atoms with van der Waals surface area (Å²) in [5.41, 5.74) is 0. The number of carbonyl (C=O) groups excluding carboxylic acids is 2. The van der Waals surface area contributed by atoms with Gasteiger partial charge in [-0.3, -0.25) is 9.59 Å². The van der Waals surface area contributed by atoms with Crippen LogP contribution in [-0.2, 0) is 14.3 Å². The molecule has 0 heterocycles. The molecule has 0 bridgehead atoms. The monoisotopic (exact) mass is 914 g/mol. The Kier molecular flexibility index (Phi) is 53.1. The van der Waals surface area contributed by atoms with Crippen molar-refractivity contribution in [3.63, 3.8) is 0 Å². The van der Waals surface area contributed by atoms with Crippen molar-refractivity contribution in [3.8, 4) is 0 Å². The molecule has 0 aromatic rings. The summed E-state index contributed by atoms with van der Waals surface area (Å²) >= 11 is 0. The minimum Gasteiger partial charge on any atom is -0.466 e. The normalized spacial score (nSPS) is 12.9. The van der Waals surface area contributed by atoms with Gasteiger partial charge in [-0.2, -0.15) is 0 Å². The Balaban J connectivity index is 3.49. The van der Waals surface area contributed by atoms with Crippen LogP contribution in [0.2, 0.25) is 0 Å². The molecule has 0 aromatic heterocycles. The third-order valence-corrected chi connectivity index (χ3v) is 13.1. The van der Waals surface area contributed by atoms with E-state index in [2.05, 4.69) is 43.5 Å². The fourth-order valence-electron chi connectivity index (χ4n) is 8.68. The Morgan fingerprint density at radius 1 is 0.415 bits per heavy atom. The standard InChI is InChI=1S/C59H111NO5/c1-3-5-7-9-11-13-15-17-19-20-21-25-29-33-37-41-45-49-53-59(64)65-54-50-46-42-38-34-30-26-22-24-28-32-36-40-44-48-52-58(63)60-56(55-61)57(62)51-47-43-39-35-31-27-23-18-16-14-12-10-8-6-4-2/h19-20,26,30,47,51,56-57,61-62H,3-18,21-25,27-29,31-46,48-50,52-55H2,1-2H3,(H,60,63)/b20-19-,30-26-,51-47+. The molecule has 2 unspecified atom stereocenters. The van der Waals surface area contributed by atoms with Gasteiger partial charge in [-0.15, -0.1) is 0 Å². The predicted molar refractivity (Wildman–Crippen MR) is 283 cm³/mol. The fourth-order valence-corrected chi connectivity index (χ4v) is 8.68. The molecule has 65 heavy (non-hydrogen) atoms. The van der Waals surface area contributed by atoms with Crippen LogP contribution in [0, 0.1) is 0 Å². The van der Waals surface area contributed by atoms with Gasteiger partial charge in [0.2, 0.25) is 5.91 Å². The number of ether oxygens (including phenoxy) is 1. The molecule has 3 N–H and O–H groups in total. The summed E-state index contributed by atoms with van der Waals surface area (Å²) in [4.78, 5) is 24.5. The van der Waals surface area contributed by atoms with Gasteiger partial charge < -0.3 is 20.3 Å². The van der Waals surface area contributed by atoms with Crippen LogP contribution in [0.1, 0.15) is 303 Å². The highest BCUT2D eigenvalue weighted by molar-refractivity contribution is 5.76. The van der Waals surface area contributed by atoms with Crippen LogP contribution in [0.3, 0.4) is 0 Å². The van der Waals surface area contributed by atoms with Crippen molar-refractivity contribution in [1.29, 1.82) is 0 Å². The molecule has 0 saturated carbocycles. The van der Waals surface area contributed by atoms with Gasteiger partial charge in [0.05, 0.1) is 25.4 Å². The Morgan fingerprint density at radius 2 is 0.723 bits per heavy atom. The number of aliphatic hydroxyl groups is 2. The molecular formula is C59H111NO5. The summed E-state index contributed by atoms with van der Waals surface area (Å²) < 4.78 is 5.47. The number of rotatable bonds is 53. The second-order valence-electron chi connectivity index (χ2n) is 19.6. The van der Waals surface area contributed by atoms with E-state index in [9.17, 15) is 19.8 Å². The topological polar surface area (TPSA) is 95.9 Å². The van der Waals surface area contributed by atoms with E-state index >= 15 is 0 Å². The zero-order chi connectivity index (χ0) is 47.2. The SMILES string of the molecule is CCCCCCCCC/C=C\CCCCCCCCCC(=O)OCCCCCC/C=C\CCCCCCCCCC(=O)NC(CO)C(O)/C=C/CCCCCCCCCCCCCCC. The molecule has 0 aliphatic rings. The number of hydrogen-bond donors (Lipinski definition) is 3. The van der Waals surface area contributed by atoms with E-state index in [1.807, 2.05) is 6.08 Å². The average Bonchev–Trinajstić information content (AvgIpc) is 3.31. The summed E-state index contributed by atoms with van der Waals surface area (Å²) in [5, 5.41) is 23.1. The summed E-state index contributed by atoms with van der Waals surface area (Å²) in [6.07, 6.45) is 67.3. The van der Waals surface area contributed by atoms with E-state index in [-0.39, 0.29) is 18.5 Å². The number of amides is 1. The van der Waals surface area contributed by atoms with E-state index in [1.165, 1.54) is 205 Å². The number of hydrogen-bond acceptors (Lipinski definition) is 5. The van der Waals surface area contributed by atoms with Crippen LogP contribution in [-0.4, -0.2) is 47.4 Å². The number of nitrogens with one attached hydrogen (secondary N) is 1. The molecule has 382 valence electrons. The molecule has 2 atom stereocenters. The van der Waals surface area contributed by atoms with Crippen molar-refractivity contribution in [2.75, 3.05) is 13.2 Å². The van der Waals surface area contributed by atoms with Gasteiger partial charge in [-0.25, -0.2) is 0 Å². The second kappa shape index (κ2) is 54.7. The first-order chi connectivity index (χ1) is 32.0. The summed E-state index contributed by atoms with van der Waals surface area (Å²) in [6, 6.07) is -0.639. The number of allylic oxidation sites excluding steroid dienone is 5. The molecule has 0 rings (SSSR count). The van der Waals surface area contributed by atoms with E-state index in [0.29, 0.717) is 19.4 Å². The summed E-state index contributed by atoms with van der Waals surface area (Å²) in [7, 11) is 0. The van der Waals surface area contributed by atoms with Gasteiger partial charge in [0.1, 0.15) is 0 Å². The summed E-state index contributed by atoms with van der Waals surface area (Å²) in [6.45, 7) is 4.87. The lowest BCUT2D eigenvalue weighted by Crippen LogP contribution is -2.45. The maximum absolute atomic E-state index is 12.4. The zero-order valence-electron chi connectivity index (χ0n) is 43.5. The highest BCUT2D eigenvalue weighted by Crippen LogP contribution is 2.16. The first-order valence-electron chi connectivity index (χ1n) is 28.8. The Hall–Kier alpha value is -1.92. The minimum atomic E-state index is -0.855. The second-order valence-corrected chi connectivity index (χ2v) is 19.6. The molecule has 0 aliphatic carbocycles. The number of unbranched alkanes of at least 4 members (excludes halogenated alkanes) is 38. The Bertz CT molecular complexity index is 1060. The number of aliphatic hydroxyl groups excluding tert-OH is 2. The van der Waals surface area contributed by atoms with Crippen LogP contribution < -0.4 is 5.32 Å². The van der Waals surface area contributed by atoms with E-state index in [4.69, 9.17) is 4.74 Å². The number of carbonyl (C=O) groups is 2. The molecule has 1 amide bonds. The lowest BCUT2D eigenvalue weighted by molar-refractivity contribution is -0.143. The maximum atomic E-state index is 12.4. The van der Waals surface area contributed by atoms with Gasteiger partial charge in [-0.05, 0) is 83.5 Å². The lowest BCUT2D eigenvalue weighted by Gasteiger charge is -2.20. The smallest absolute Gasteiger partial charge is 0.305 e. The maximum Gasteiger partial charge on any atom is 0.305 e. The first-order valence-corrected chi connectivity index (χ1v) is 28.8. The first kappa shape index (κ1) is 63.1. The van der Waals surface area contributed by atoms with Gasteiger partial charge in [0, 0.05) is 12.8 Å². The van der Waals surface area contributed by atoms with Gasteiger partial charge in [0.15, 0.2) is 0 Å². The molecule has 0 radical (unpaired) electrons. The van der Waals surface area contributed by atoms with Crippen LogP contribution in [0.4, 0.5) is 0 Å². The molecule has 6 nitrogen and oxygen atoms in total. The van der Waals surface area contributed by atoms with Crippen molar-refractivity contribution >= 4 is 11.9 Å². The van der Waals surface area contributed by atoms with Gasteiger partial charge >= 0.3 is 5.97 Å². The molecule has 0 fully saturated rings. The van der Waals surface area contributed by atoms with E-state index in [1.54, 1.807) is 6.08 Å². The highest BCUT2D eigenvalue weighted by Gasteiger charge is 2.18. The lowest BCUT2D eigenvalue weighted by atomic mass is 10.0. The number of esters is 1. The largest absolute Gasteiger partial charge is 0.466 e. The highest BCUT2D eigenvalue weighted by atomic mass is 16.5. The van der Waals surface area contributed by atoms with Crippen molar-refractivity contribution in [2.24, 2.45) is 0 Å². The zero-order valence-corrected chi connectivity index (χ0v) is 43.5. The van der Waals surface area contributed by atoms with Crippen LogP contribution in [0.25, 0.3) is 0 Å². The molecule has 0 saturated heterocycles. The van der Waals surface area contributed by atoms with Gasteiger partial charge in [-0.1, -0.05) is 243 Å². The Labute approximate surface area is 404 Å². The van der Waals surface area contributed by atoms with Crippen LogP contribution in [0.5, 0.6) is 0 Å². The molecule has 0 aromatic carbocycles. The van der Waals surface area contributed by atoms with Crippen molar-refractivity contribution in [3.05, 3.63) is 36.5 Å². The molecule has 6 heteroatoms. The molecule has 0 spiro atoms. The minimum absolute atomic E-state index is 0.0143. The fraction of sp³-hybridized carbons (Fsp3) is 0.864. The Morgan fingerprint density at radius 3 is 1.09 bits per heavy atom.